The first-order valence-electron chi connectivity index (χ1n) is 8.82. The van der Waals surface area contributed by atoms with Gasteiger partial charge in [-0.15, -0.1) is 0 Å². The zero-order chi connectivity index (χ0) is 19.7. The lowest BCUT2D eigenvalue weighted by Crippen LogP contribution is -2.42. The molecule has 0 heterocycles. The summed E-state index contributed by atoms with van der Waals surface area (Å²) in [5, 5.41) is 6.17. The van der Waals surface area contributed by atoms with Gasteiger partial charge in [0.2, 0.25) is 0 Å². The minimum absolute atomic E-state index is 0.137. The Bertz CT molecular complexity index is 606. The van der Waals surface area contributed by atoms with E-state index in [1.54, 1.807) is 16.1 Å². The SMILES string of the molecule is CCN(C(=O)C=C[C@H](Cc1ccccc1)NC(=O)OC(C)(C)C)N(C)C. The Labute approximate surface area is 156 Å². The van der Waals surface area contributed by atoms with Crippen LogP contribution in [0.15, 0.2) is 42.5 Å². The fourth-order valence-corrected chi connectivity index (χ4v) is 2.41. The van der Waals surface area contributed by atoms with Crippen molar-refractivity contribution in [2.75, 3.05) is 20.6 Å². The van der Waals surface area contributed by atoms with Crippen LogP contribution in [0, 0.1) is 0 Å². The molecule has 0 spiro atoms. The number of nitrogens with zero attached hydrogens (tertiary/aromatic N) is 2. The third-order valence-corrected chi connectivity index (χ3v) is 3.51. The highest BCUT2D eigenvalue weighted by Gasteiger charge is 2.19. The topological polar surface area (TPSA) is 61.9 Å². The maximum absolute atomic E-state index is 12.3. The maximum atomic E-state index is 12.3. The summed E-state index contributed by atoms with van der Waals surface area (Å²) in [5.41, 5.74) is 0.482. The molecule has 0 aliphatic carbocycles. The predicted octanol–water partition coefficient (Wildman–Crippen LogP) is 3.00. The normalized spacial score (nSPS) is 12.9. The van der Waals surface area contributed by atoms with E-state index in [4.69, 9.17) is 4.74 Å². The Balaban J connectivity index is 2.87. The average Bonchev–Trinajstić information content (AvgIpc) is 2.52. The van der Waals surface area contributed by atoms with Crippen LogP contribution in [0.5, 0.6) is 0 Å². The van der Waals surface area contributed by atoms with Crippen molar-refractivity contribution in [2.45, 2.75) is 45.8 Å². The van der Waals surface area contributed by atoms with E-state index in [-0.39, 0.29) is 11.9 Å². The van der Waals surface area contributed by atoms with Crippen molar-refractivity contribution in [3.63, 3.8) is 0 Å². The Morgan fingerprint density at radius 2 is 1.81 bits per heavy atom. The molecule has 144 valence electrons. The Morgan fingerprint density at radius 3 is 2.31 bits per heavy atom. The van der Waals surface area contributed by atoms with Gasteiger partial charge in [0.1, 0.15) is 5.60 Å². The van der Waals surface area contributed by atoms with Gasteiger partial charge in [0.15, 0.2) is 0 Å². The number of carbonyl (C=O) groups is 2. The lowest BCUT2D eigenvalue weighted by molar-refractivity contribution is -0.138. The van der Waals surface area contributed by atoms with E-state index in [0.29, 0.717) is 13.0 Å². The number of alkyl carbamates (subject to hydrolysis) is 1. The van der Waals surface area contributed by atoms with Gasteiger partial charge in [0.05, 0.1) is 6.04 Å². The van der Waals surface area contributed by atoms with Gasteiger partial charge in [-0.25, -0.2) is 9.80 Å². The predicted molar refractivity (Wildman–Crippen MR) is 104 cm³/mol. The molecule has 0 aliphatic heterocycles. The van der Waals surface area contributed by atoms with Crippen molar-refractivity contribution in [1.82, 2.24) is 15.3 Å². The third-order valence-electron chi connectivity index (χ3n) is 3.51. The Hall–Kier alpha value is -2.34. The summed E-state index contributed by atoms with van der Waals surface area (Å²) in [5.74, 6) is -0.137. The van der Waals surface area contributed by atoms with Gasteiger partial charge >= 0.3 is 6.09 Å². The van der Waals surface area contributed by atoms with Gasteiger partial charge in [0.25, 0.3) is 5.91 Å². The van der Waals surface area contributed by atoms with Gasteiger partial charge in [-0.05, 0) is 39.7 Å². The Kier molecular flexibility index (Phi) is 8.32. The van der Waals surface area contributed by atoms with E-state index in [1.807, 2.05) is 72.1 Å². The highest BCUT2D eigenvalue weighted by Crippen LogP contribution is 2.09. The Morgan fingerprint density at radius 1 is 1.19 bits per heavy atom. The minimum atomic E-state index is -0.579. The third kappa shape index (κ3) is 8.16. The lowest BCUT2D eigenvalue weighted by atomic mass is 10.1. The second-order valence-electron chi connectivity index (χ2n) is 7.20. The quantitative estimate of drug-likeness (QED) is 0.599. The van der Waals surface area contributed by atoms with Gasteiger partial charge in [0, 0.05) is 26.7 Å². The van der Waals surface area contributed by atoms with Crippen LogP contribution in [0.2, 0.25) is 0 Å². The van der Waals surface area contributed by atoms with Crippen LogP contribution in [0.25, 0.3) is 0 Å². The van der Waals surface area contributed by atoms with Crippen molar-refractivity contribution >= 4 is 12.0 Å². The summed E-state index contributed by atoms with van der Waals surface area (Å²) in [4.78, 5) is 24.5. The van der Waals surface area contributed by atoms with Crippen molar-refractivity contribution < 1.29 is 14.3 Å². The van der Waals surface area contributed by atoms with Crippen molar-refractivity contribution in [3.8, 4) is 0 Å². The molecule has 0 bridgehead atoms. The number of rotatable bonds is 7. The molecule has 1 N–H and O–H groups in total. The molecule has 0 aliphatic rings. The van der Waals surface area contributed by atoms with Gasteiger partial charge in [-0.3, -0.25) is 9.80 Å². The highest BCUT2D eigenvalue weighted by molar-refractivity contribution is 5.87. The number of benzene rings is 1. The number of carbonyl (C=O) groups excluding carboxylic acids is 2. The van der Waals surface area contributed by atoms with Crippen molar-refractivity contribution in [2.24, 2.45) is 0 Å². The molecular formula is C20H31N3O3. The summed E-state index contributed by atoms with van der Waals surface area (Å²) in [6.45, 7) is 7.92. The molecule has 6 nitrogen and oxygen atoms in total. The van der Waals surface area contributed by atoms with E-state index in [9.17, 15) is 9.59 Å². The van der Waals surface area contributed by atoms with E-state index < -0.39 is 11.7 Å². The number of hydrogen-bond donors (Lipinski definition) is 1. The first-order chi connectivity index (χ1) is 12.1. The monoisotopic (exact) mass is 361 g/mol. The van der Waals surface area contributed by atoms with Crippen LogP contribution in [0.4, 0.5) is 4.79 Å². The molecule has 0 saturated heterocycles. The van der Waals surface area contributed by atoms with Crippen molar-refractivity contribution in [1.29, 1.82) is 0 Å². The molecule has 0 saturated carbocycles. The molecule has 1 rings (SSSR count). The lowest BCUT2D eigenvalue weighted by Gasteiger charge is -2.26. The highest BCUT2D eigenvalue weighted by atomic mass is 16.6. The number of hydrazine groups is 1. The molecular weight excluding hydrogens is 330 g/mol. The summed E-state index contributed by atoms with van der Waals surface area (Å²) >= 11 is 0. The minimum Gasteiger partial charge on any atom is -0.444 e. The molecule has 1 aromatic carbocycles. The number of nitrogens with one attached hydrogen (secondary N) is 1. The number of hydrogen-bond acceptors (Lipinski definition) is 4. The fourth-order valence-electron chi connectivity index (χ4n) is 2.41. The molecule has 2 amide bonds. The second-order valence-corrected chi connectivity index (χ2v) is 7.20. The molecule has 0 unspecified atom stereocenters. The first kappa shape index (κ1) is 21.7. The fraction of sp³-hybridized carbons (Fsp3) is 0.500. The summed E-state index contributed by atoms with van der Waals surface area (Å²) in [6, 6.07) is 9.45. The maximum Gasteiger partial charge on any atom is 0.408 e. The van der Waals surface area contributed by atoms with Gasteiger partial charge in [-0.2, -0.15) is 0 Å². The molecule has 6 heteroatoms. The van der Waals surface area contributed by atoms with Crippen LogP contribution >= 0.6 is 0 Å². The van der Waals surface area contributed by atoms with Gasteiger partial charge in [-0.1, -0.05) is 36.4 Å². The second kappa shape index (κ2) is 9.97. The largest absolute Gasteiger partial charge is 0.444 e. The average molecular weight is 361 g/mol. The number of likely N-dealkylation sites (N-methyl/N-ethyl adjacent to an activating group) is 1. The number of ether oxygens (including phenoxy) is 1. The van der Waals surface area contributed by atoms with Crippen LogP contribution < -0.4 is 5.32 Å². The standard InChI is InChI=1S/C20H31N3O3/c1-7-23(22(5)6)18(24)14-13-17(15-16-11-9-8-10-12-16)21-19(25)26-20(2,3)4/h8-14,17H,7,15H2,1-6H3,(H,21,25)/t17-/m1/s1. The van der Waals surface area contributed by atoms with Crippen LogP contribution in [0.1, 0.15) is 33.3 Å². The smallest absolute Gasteiger partial charge is 0.408 e. The molecule has 26 heavy (non-hydrogen) atoms. The van der Waals surface area contributed by atoms with E-state index in [0.717, 1.165) is 5.56 Å². The van der Waals surface area contributed by atoms with E-state index in [1.165, 1.54) is 6.08 Å². The molecule has 1 atom stereocenters. The summed E-state index contributed by atoms with van der Waals surface area (Å²) in [6.07, 6.45) is 3.27. The first-order valence-corrected chi connectivity index (χ1v) is 8.82. The molecule has 1 aromatic rings. The zero-order valence-electron chi connectivity index (χ0n) is 16.7. The zero-order valence-corrected chi connectivity index (χ0v) is 16.7. The number of amides is 2. The molecule has 0 aromatic heterocycles. The summed E-state index contributed by atoms with van der Waals surface area (Å²) in [7, 11) is 3.63. The van der Waals surface area contributed by atoms with Crippen molar-refractivity contribution in [3.05, 3.63) is 48.0 Å². The van der Waals surface area contributed by atoms with E-state index in [2.05, 4.69) is 5.32 Å². The van der Waals surface area contributed by atoms with Crippen LogP contribution in [0.3, 0.4) is 0 Å². The van der Waals surface area contributed by atoms with Gasteiger partial charge < -0.3 is 10.1 Å². The molecule has 0 radical (unpaired) electrons. The molecule has 0 fully saturated rings. The van der Waals surface area contributed by atoms with Crippen LogP contribution in [-0.2, 0) is 16.0 Å². The van der Waals surface area contributed by atoms with Crippen LogP contribution in [-0.4, -0.2) is 54.3 Å². The van der Waals surface area contributed by atoms with E-state index >= 15 is 0 Å². The summed E-state index contributed by atoms with van der Waals surface area (Å²) < 4.78 is 5.33.